The van der Waals surface area contributed by atoms with Gasteiger partial charge in [-0.15, -0.1) is 11.6 Å². The van der Waals surface area contributed by atoms with Crippen molar-refractivity contribution >= 4 is 40.4 Å². The Morgan fingerprint density at radius 1 is 1.23 bits per heavy atom. The lowest BCUT2D eigenvalue weighted by molar-refractivity contribution is -0.118. The van der Waals surface area contributed by atoms with E-state index in [2.05, 4.69) is 10.3 Å². The van der Waals surface area contributed by atoms with Gasteiger partial charge < -0.3 is 10.1 Å². The molecule has 0 saturated carbocycles. The van der Waals surface area contributed by atoms with E-state index in [9.17, 15) is 14.0 Å². The van der Waals surface area contributed by atoms with Crippen LogP contribution in [0.5, 0.6) is 11.5 Å². The molecule has 2 aromatic carbocycles. The van der Waals surface area contributed by atoms with Gasteiger partial charge in [-0.2, -0.15) is 0 Å². The lowest BCUT2D eigenvalue weighted by Crippen LogP contribution is -2.04. The Balaban J connectivity index is 1.80. The maximum atomic E-state index is 14.5. The molecule has 1 amide bonds. The van der Waals surface area contributed by atoms with E-state index in [1.807, 2.05) is 13.0 Å². The topological polar surface area (TPSA) is 68.3 Å². The number of pyridine rings is 1. The number of halogens is 2. The van der Waals surface area contributed by atoms with Crippen molar-refractivity contribution in [2.75, 3.05) is 11.2 Å². The van der Waals surface area contributed by atoms with Gasteiger partial charge in [0, 0.05) is 42.1 Å². The molecule has 1 N–H and O–H groups in total. The monoisotopic (exact) mass is 428 g/mol. The molecule has 0 bridgehead atoms. The van der Waals surface area contributed by atoms with Crippen LogP contribution in [0.15, 0.2) is 42.6 Å². The molecule has 7 heteroatoms. The Morgan fingerprint density at radius 2 is 2.07 bits per heavy atom. The average Bonchev–Trinajstić information content (AvgIpc) is 2.71. The first kappa shape index (κ1) is 21.7. The number of ether oxygens (including phenoxy) is 1. The van der Waals surface area contributed by atoms with Crippen molar-refractivity contribution in [1.82, 2.24) is 4.98 Å². The number of ketones is 1. The van der Waals surface area contributed by atoms with Crippen molar-refractivity contribution in [3.63, 3.8) is 0 Å². The number of unbranched alkanes of at least 4 members (excludes halogenated alkanes) is 1. The molecule has 0 radical (unpaired) electrons. The summed E-state index contributed by atoms with van der Waals surface area (Å²) in [6.45, 7) is 1.87. The third kappa shape index (κ3) is 5.33. The van der Waals surface area contributed by atoms with E-state index in [0.717, 1.165) is 12.0 Å². The summed E-state index contributed by atoms with van der Waals surface area (Å²) in [4.78, 5) is 27.1. The highest BCUT2D eigenvalue weighted by Crippen LogP contribution is 2.32. The van der Waals surface area contributed by atoms with Gasteiger partial charge in [-0.3, -0.25) is 14.6 Å². The summed E-state index contributed by atoms with van der Waals surface area (Å²) in [6.07, 6.45) is 4.13. The number of hydrogen-bond acceptors (Lipinski definition) is 4. The minimum absolute atomic E-state index is 0.0154. The fourth-order valence-corrected chi connectivity index (χ4v) is 3.35. The standard InChI is InChI=1S/C23H22ClFN2O3/c1-15-10-22-19(13-21(15)27-14-28)23(7-9-26-22)30-18-6-5-16(20(25)12-18)11-17(29)4-2-3-8-24/h5-7,9-10,12-14H,2-4,8,11H2,1H3,(H,27,28). The fourth-order valence-electron chi connectivity index (χ4n) is 3.16. The van der Waals surface area contributed by atoms with E-state index in [-0.39, 0.29) is 12.2 Å². The molecule has 0 fully saturated rings. The van der Waals surface area contributed by atoms with Crippen molar-refractivity contribution in [2.24, 2.45) is 0 Å². The number of carbonyl (C=O) groups is 2. The Labute approximate surface area is 179 Å². The second kappa shape index (κ2) is 10.2. The number of nitrogens with one attached hydrogen (secondary N) is 1. The molecule has 0 spiro atoms. The van der Waals surface area contributed by atoms with Crippen LogP contribution in [0.4, 0.5) is 10.1 Å². The predicted octanol–water partition coefficient (Wildman–Crippen LogP) is 5.56. The van der Waals surface area contributed by atoms with Crippen LogP contribution in [0.3, 0.4) is 0 Å². The summed E-state index contributed by atoms with van der Waals surface area (Å²) in [5.74, 6) is 0.806. The van der Waals surface area contributed by atoms with Crippen molar-refractivity contribution in [2.45, 2.75) is 32.6 Å². The number of hydrogen-bond donors (Lipinski definition) is 1. The number of fused-ring (bicyclic) bond motifs is 1. The van der Waals surface area contributed by atoms with Crippen molar-refractivity contribution in [3.05, 3.63) is 59.5 Å². The van der Waals surface area contributed by atoms with E-state index in [1.54, 1.807) is 30.5 Å². The molecular formula is C23H22ClFN2O3. The number of aromatic nitrogens is 1. The summed E-state index contributed by atoms with van der Waals surface area (Å²) in [7, 11) is 0. The van der Waals surface area contributed by atoms with E-state index in [0.29, 0.717) is 58.8 Å². The molecule has 3 rings (SSSR count). The number of carbonyl (C=O) groups excluding carboxylic acids is 2. The lowest BCUT2D eigenvalue weighted by atomic mass is 10.0. The molecule has 3 aromatic rings. The second-order valence-electron chi connectivity index (χ2n) is 6.97. The molecule has 30 heavy (non-hydrogen) atoms. The van der Waals surface area contributed by atoms with E-state index < -0.39 is 5.82 Å². The van der Waals surface area contributed by atoms with Crippen LogP contribution in [0.25, 0.3) is 10.9 Å². The Morgan fingerprint density at radius 3 is 2.80 bits per heavy atom. The van der Waals surface area contributed by atoms with Gasteiger partial charge in [-0.05, 0) is 55.2 Å². The summed E-state index contributed by atoms with van der Waals surface area (Å²) in [6, 6.07) is 9.76. The van der Waals surface area contributed by atoms with Crippen LogP contribution in [0, 0.1) is 12.7 Å². The van der Waals surface area contributed by atoms with Crippen molar-refractivity contribution < 1.29 is 18.7 Å². The molecule has 156 valence electrons. The third-order valence-electron chi connectivity index (χ3n) is 4.74. The number of alkyl halides is 1. The largest absolute Gasteiger partial charge is 0.456 e. The number of benzene rings is 2. The maximum Gasteiger partial charge on any atom is 0.211 e. The van der Waals surface area contributed by atoms with Crippen molar-refractivity contribution in [1.29, 1.82) is 0 Å². The zero-order valence-electron chi connectivity index (χ0n) is 16.6. The van der Waals surface area contributed by atoms with E-state index >= 15 is 0 Å². The first-order valence-corrected chi connectivity index (χ1v) is 10.2. The smallest absolute Gasteiger partial charge is 0.211 e. The number of anilines is 1. The van der Waals surface area contributed by atoms with E-state index in [1.165, 1.54) is 6.07 Å². The van der Waals surface area contributed by atoms with Gasteiger partial charge in [-0.25, -0.2) is 4.39 Å². The van der Waals surface area contributed by atoms with Gasteiger partial charge in [-0.1, -0.05) is 6.07 Å². The normalized spacial score (nSPS) is 10.8. The molecule has 0 atom stereocenters. The minimum Gasteiger partial charge on any atom is -0.456 e. The number of aryl methyl sites for hydroxylation is 1. The van der Waals surface area contributed by atoms with Crippen LogP contribution in [0.2, 0.25) is 0 Å². The number of nitrogens with zero attached hydrogens (tertiary/aromatic N) is 1. The Hall–Kier alpha value is -2.99. The number of Topliss-reactive ketones (excluding diaryl/α,β-unsaturated/α-hetero) is 1. The van der Waals surface area contributed by atoms with Crippen LogP contribution in [-0.4, -0.2) is 23.1 Å². The third-order valence-corrected chi connectivity index (χ3v) is 5.01. The molecule has 5 nitrogen and oxygen atoms in total. The summed E-state index contributed by atoms with van der Waals surface area (Å²) in [5, 5.41) is 3.34. The van der Waals surface area contributed by atoms with Crippen molar-refractivity contribution in [3.8, 4) is 11.5 Å². The molecule has 1 heterocycles. The molecule has 0 aliphatic heterocycles. The zero-order valence-corrected chi connectivity index (χ0v) is 17.3. The molecular weight excluding hydrogens is 407 g/mol. The van der Waals surface area contributed by atoms with Gasteiger partial charge in [0.1, 0.15) is 23.1 Å². The Kier molecular flexibility index (Phi) is 7.36. The summed E-state index contributed by atoms with van der Waals surface area (Å²) >= 11 is 5.61. The van der Waals surface area contributed by atoms with E-state index in [4.69, 9.17) is 16.3 Å². The second-order valence-corrected chi connectivity index (χ2v) is 7.35. The molecule has 1 aromatic heterocycles. The first-order valence-electron chi connectivity index (χ1n) is 9.65. The highest BCUT2D eigenvalue weighted by Gasteiger charge is 2.12. The molecule has 0 aliphatic carbocycles. The van der Waals surface area contributed by atoms with Crippen LogP contribution < -0.4 is 10.1 Å². The van der Waals surface area contributed by atoms with Crippen LogP contribution in [-0.2, 0) is 16.0 Å². The summed E-state index contributed by atoms with van der Waals surface area (Å²) < 4.78 is 20.4. The fraction of sp³-hybridized carbons (Fsp3) is 0.261. The summed E-state index contributed by atoms with van der Waals surface area (Å²) in [5.41, 5.74) is 2.54. The predicted molar refractivity (Wildman–Crippen MR) is 116 cm³/mol. The Bertz CT molecular complexity index is 1070. The SMILES string of the molecule is Cc1cc2nccc(Oc3ccc(CC(=O)CCCCCl)c(F)c3)c2cc1NC=O. The van der Waals surface area contributed by atoms with Gasteiger partial charge in [0.15, 0.2) is 0 Å². The highest BCUT2D eigenvalue weighted by atomic mass is 35.5. The molecule has 0 unspecified atom stereocenters. The lowest BCUT2D eigenvalue weighted by Gasteiger charge is -2.12. The maximum absolute atomic E-state index is 14.5. The van der Waals surface area contributed by atoms with Gasteiger partial charge in [0.05, 0.1) is 5.52 Å². The number of amides is 1. The van der Waals surface area contributed by atoms with Crippen LogP contribution in [0.1, 0.15) is 30.4 Å². The quantitative estimate of drug-likeness (QED) is 0.260. The van der Waals surface area contributed by atoms with Gasteiger partial charge in [0.2, 0.25) is 6.41 Å². The first-order chi connectivity index (χ1) is 14.5. The highest BCUT2D eigenvalue weighted by molar-refractivity contribution is 6.17. The zero-order chi connectivity index (χ0) is 21.5. The number of rotatable bonds is 10. The van der Waals surface area contributed by atoms with Crippen LogP contribution >= 0.6 is 11.6 Å². The van der Waals surface area contributed by atoms with Gasteiger partial charge in [0.25, 0.3) is 0 Å². The molecule has 0 aliphatic rings. The molecule has 0 saturated heterocycles. The average molecular weight is 429 g/mol. The van der Waals surface area contributed by atoms with Gasteiger partial charge >= 0.3 is 0 Å². The minimum atomic E-state index is -0.490.